The number of hydrogen-bond acceptors (Lipinski definition) is 5. The maximum atomic E-state index is 12.6. The molecule has 3 heterocycles. The highest BCUT2D eigenvalue weighted by Crippen LogP contribution is 2.32. The number of nitrogens with zero attached hydrogens (tertiary/aromatic N) is 4. The van der Waals surface area contributed by atoms with Gasteiger partial charge in [0, 0.05) is 42.9 Å². The van der Waals surface area contributed by atoms with Gasteiger partial charge in [0.1, 0.15) is 11.5 Å². The average molecular weight is 430 g/mol. The number of nitrogens with one attached hydrogen (secondary N) is 1. The van der Waals surface area contributed by atoms with Gasteiger partial charge in [-0.3, -0.25) is 4.79 Å². The normalized spacial score (nSPS) is 18.7. The predicted molar refractivity (Wildman–Crippen MR) is 123 cm³/mol. The van der Waals surface area contributed by atoms with Crippen molar-refractivity contribution < 1.29 is 9.53 Å². The van der Waals surface area contributed by atoms with Gasteiger partial charge in [-0.2, -0.15) is 0 Å². The zero-order valence-corrected chi connectivity index (χ0v) is 18.2. The second-order valence-corrected chi connectivity index (χ2v) is 8.38. The lowest BCUT2D eigenvalue weighted by Crippen LogP contribution is -2.38. The Morgan fingerprint density at radius 1 is 1.06 bits per heavy atom. The van der Waals surface area contributed by atoms with Gasteiger partial charge in [0.05, 0.1) is 18.1 Å². The zero-order valence-electron chi connectivity index (χ0n) is 18.2. The Kier molecular flexibility index (Phi) is 5.71. The number of rotatable bonds is 6. The Hall–Kier alpha value is -3.48. The average Bonchev–Trinajstić information content (AvgIpc) is 3.32. The summed E-state index contributed by atoms with van der Waals surface area (Å²) in [6.45, 7) is 0. The molecule has 2 aliphatic heterocycles. The molecule has 0 saturated heterocycles. The van der Waals surface area contributed by atoms with E-state index in [0.29, 0.717) is 24.8 Å². The van der Waals surface area contributed by atoms with Crippen molar-refractivity contribution >= 4 is 16.9 Å². The van der Waals surface area contributed by atoms with Crippen LogP contribution in [0, 0.1) is 0 Å². The smallest absolute Gasteiger partial charge is 0.235 e. The molecule has 1 aromatic carbocycles. The van der Waals surface area contributed by atoms with Gasteiger partial charge in [-0.1, -0.05) is 12.1 Å². The first kappa shape index (κ1) is 20.4. The number of methoxy groups -OCH3 is 1. The number of para-hydroxylation sites is 2. The molecule has 0 bridgehead atoms. The van der Waals surface area contributed by atoms with Crippen LogP contribution >= 0.6 is 0 Å². The molecule has 0 unspecified atom stereocenters. The molecule has 1 aliphatic carbocycles. The maximum Gasteiger partial charge on any atom is 0.235 e. The quantitative estimate of drug-likeness (QED) is 0.497. The molecule has 1 amide bonds. The van der Waals surface area contributed by atoms with Crippen LogP contribution in [0.15, 0.2) is 54.9 Å². The van der Waals surface area contributed by atoms with E-state index >= 15 is 0 Å². The highest BCUT2D eigenvalue weighted by Gasteiger charge is 2.25. The van der Waals surface area contributed by atoms with E-state index < -0.39 is 0 Å². The fourth-order valence-electron chi connectivity index (χ4n) is 4.66. The lowest BCUT2D eigenvalue weighted by molar-refractivity contribution is -0.122. The van der Waals surface area contributed by atoms with Gasteiger partial charge in [0.25, 0.3) is 0 Å². The summed E-state index contributed by atoms with van der Waals surface area (Å²) in [5.41, 5.74) is 3.50. The molecule has 0 atom stereocenters. The molecule has 1 N–H and O–H groups in total. The lowest BCUT2D eigenvalue weighted by Gasteiger charge is -2.31. The number of aryl methyl sites for hydroxylation is 1. The second-order valence-electron chi connectivity index (χ2n) is 8.38. The summed E-state index contributed by atoms with van der Waals surface area (Å²) in [6, 6.07) is 14.6. The third-order valence-electron chi connectivity index (χ3n) is 6.32. The number of carbonyl (C=O) groups is 1. The van der Waals surface area contributed by atoms with Crippen LogP contribution in [0.2, 0.25) is 0 Å². The summed E-state index contributed by atoms with van der Waals surface area (Å²) in [5.74, 6) is 1.59. The van der Waals surface area contributed by atoms with Crippen LogP contribution in [0.25, 0.3) is 22.4 Å². The molecule has 5 rings (SSSR count). The largest absolute Gasteiger partial charge is 0.480 e. The molecule has 32 heavy (non-hydrogen) atoms. The van der Waals surface area contributed by atoms with E-state index in [0.717, 1.165) is 48.2 Å². The Labute approximate surface area is 187 Å². The molecular formula is C25H27N5O2. The van der Waals surface area contributed by atoms with E-state index in [1.807, 2.05) is 36.5 Å². The number of carbonyl (C=O) groups excluding carboxylic acids is 1. The van der Waals surface area contributed by atoms with Crippen LogP contribution in [0.4, 0.5) is 0 Å². The Morgan fingerprint density at radius 2 is 1.84 bits per heavy atom. The van der Waals surface area contributed by atoms with Crippen molar-refractivity contribution in [3.63, 3.8) is 0 Å². The second kappa shape index (κ2) is 8.94. The summed E-state index contributed by atoms with van der Waals surface area (Å²) in [6.07, 6.45) is 8.87. The maximum absolute atomic E-state index is 12.6. The van der Waals surface area contributed by atoms with Crippen molar-refractivity contribution in [2.45, 2.75) is 50.6 Å². The predicted octanol–water partition coefficient (Wildman–Crippen LogP) is 4.17. The molecule has 1 aromatic heterocycles. The van der Waals surface area contributed by atoms with E-state index in [9.17, 15) is 4.79 Å². The van der Waals surface area contributed by atoms with Crippen molar-refractivity contribution in [2.24, 2.45) is 0 Å². The standard InChI is InChI=1S/C25H27N5O2/c1-32-25-22(28-20-6-2-3-7-21(20)29-25)12-13-23(31)27-18-8-10-19(11-9-18)30-16-4-5-17-14-15-26-24(17)30/h2-7,14-16,18-19H,8-13H2,1H3,(H,27,31). The molecular weight excluding hydrogens is 402 g/mol. The van der Waals surface area contributed by atoms with Crippen molar-refractivity contribution in [1.82, 2.24) is 24.8 Å². The number of amides is 1. The summed E-state index contributed by atoms with van der Waals surface area (Å²) in [7, 11) is 1.59. The molecule has 7 nitrogen and oxygen atoms in total. The molecule has 7 heteroatoms. The van der Waals surface area contributed by atoms with Crippen molar-refractivity contribution in [2.75, 3.05) is 7.11 Å². The minimum absolute atomic E-state index is 0.0536. The first-order valence-corrected chi connectivity index (χ1v) is 11.2. The number of ether oxygens (including phenoxy) is 1. The molecule has 0 spiro atoms. The van der Waals surface area contributed by atoms with E-state index in [-0.39, 0.29) is 11.9 Å². The third kappa shape index (κ3) is 4.15. The SMILES string of the molecule is COc1nc2ccccc2nc1CCC(=O)NC1CCC(n2cccc3ccnc2-3)CC1. The first-order valence-electron chi connectivity index (χ1n) is 11.2. The van der Waals surface area contributed by atoms with Crippen molar-refractivity contribution in [3.8, 4) is 17.3 Å². The number of pyridine rings is 1. The van der Waals surface area contributed by atoms with E-state index in [1.54, 1.807) is 7.11 Å². The Balaban J connectivity index is 1.16. The van der Waals surface area contributed by atoms with Crippen LogP contribution in [-0.4, -0.2) is 38.6 Å². The van der Waals surface area contributed by atoms with E-state index in [2.05, 4.69) is 43.2 Å². The minimum atomic E-state index is 0.0536. The van der Waals surface area contributed by atoms with Crippen LogP contribution in [0.1, 0.15) is 43.8 Å². The van der Waals surface area contributed by atoms with Gasteiger partial charge < -0.3 is 14.6 Å². The monoisotopic (exact) mass is 429 g/mol. The lowest BCUT2D eigenvalue weighted by atomic mass is 9.90. The summed E-state index contributed by atoms with van der Waals surface area (Å²) in [4.78, 5) is 26.3. The van der Waals surface area contributed by atoms with Crippen molar-refractivity contribution in [3.05, 3.63) is 60.6 Å². The fourth-order valence-corrected chi connectivity index (χ4v) is 4.66. The molecule has 164 valence electrons. The van der Waals surface area contributed by atoms with Crippen LogP contribution in [-0.2, 0) is 11.2 Å². The highest BCUT2D eigenvalue weighted by atomic mass is 16.5. The first-order chi connectivity index (χ1) is 15.7. The molecule has 1 saturated carbocycles. The Morgan fingerprint density at radius 3 is 2.62 bits per heavy atom. The van der Waals surface area contributed by atoms with Crippen molar-refractivity contribution in [1.29, 1.82) is 0 Å². The van der Waals surface area contributed by atoms with Gasteiger partial charge in [-0.05, 0) is 56.0 Å². The van der Waals surface area contributed by atoms with Gasteiger partial charge in [0.2, 0.25) is 11.8 Å². The van der Waals surface area contributed by atoms with Crippen LogP contribution in [0.3, 0.4) is 0 Å². The number of aromatic nitrogens is 4. The fraction of sp³-hybridized carbons (Fsp3) is 0.360. The van der Waals surface area contributed by atoms with Gasteiger partial charge in [0.15, 0.2) is 0 Å². The zero-order chi connectivity index (χ0) is 21.9. The van der Waals surface area contributed by atoms with Gasteiger partial charge in [-0.15, -0.1) is 0 Å². The molecule has 3 aliphatic rings. The molecule has 1 fully saturated rings. The summed E-state index contributed by atoms with van der Waals surface area (Å²) in [5, 5.41) is 3.22. The Bertz CT molecular complexity index is 1200. The third-order valence-corrected chi connectivity index (χ3v) is 6.32. The number of hydrogen-bond donors (Lipinski definition) is 1. The van der Waals surface area contributed by atoms with E-state index in [1.165, 1.54) is 5.56 Å². The number of benzene rings is 1. The van der Waals surface area contributed by atoms with Gasteiger partial charge >= 0.3 is 0 Å². The number of fused-ring (bicyclic) bond motifs is 2. The topological polar surface area (TPSA) is 81.9 Å². The highest BCUT2D eigenvalue weighted by molar-refractivity contribution is 5.77. The summed E-state index contributed by atoms with van der Waals surface area (Å²) < 4.78 is 7.69. The molecule has 0 radical (unpaired) electrons. The van der Waals surface area contributed by atoms with Gasteiger partial charge in [-0.25, -0.2) is 15.0 Å². The molecule has 2 aromatic rings. The van der Waals surface area contributed by atoms with E-state index in [4.69, 9.17) is 4.74 Å². The summed E-state index contributed by atoms with van der Waals surface area (Å²) >= 11 is 0. The minimum Gasteiger partial charge on any atom is -0.480 e. The van der Waals surface area contributed by atoms with Crippen LogP contribution in [0.5, 0.6) is 5.88 Å². The van der Waals surface area contributed by atoms with Crippen LogP contribution < -0.4 is 10.1 Å².